The van der Waals surface area contributed by atoms with Gasteiger partial charge in [-0.15, -0.1) is 0 Å². The number of pyridine rings is 2. The second-order valence-electron chi connectivity index (χ2n) is 8.57. The third-order valence-corrected chi connectivity index (χ3v) is 6.59. The first-order chi connectivity index (χ1) is 15.1. The van der Waals surface area contributed by atoms with E-state index in [0.717, 1.165) is 17.8 Å². The first kappa shape index (κ1) is 18.1. The highest BCUT2D eigenvalue weighted by Crippen LogP contribution is 2.36. The van der Waals surface area contributed by atoms with E-state index in [4.69, 9.17) is 0 Å². The number of aromatic nitrogens is 5. The Hall–Kier alpha value is -3.68. The van der Waals surface area contributed by atoms with Gasteiger partial charge in [0.15, 0.2) is 0 Å². The van der Waals surface area contributed by atoms with Gasteiger partial charge in [-0.05, 0) is 36.6 Å². The predicted molar refractivity (Wildman–Crippen MR) is 115 cm³/mol. The number of rotatable bonds is 2. The number of fused-ring (bicyclic) bond motifs is 5. The Morgan fingerprint density at radius 2 is 1.90 bits per heavy atom. The van der Waals surface area contributed by atoms with E-state index in [0.29, 0.717) is 36.6 Å². The van der Waals surface area contributed by atoms with Gasteiger partial charge in [0, 0.05) is 69.3 Å². The summed E-state index contributed by atoms with van der Waals surface area (Å²) >= 11 is 0. The van der Waals surface area contributed by atoms with Crippen molar-refractivity contribution in [2.45, 2.75) is 18.9 Å². The fourth-order valence-electron chi connectivity index (χ4n) is 5.14. The van der Waals surface area contributed by atoms with Crippen LogP contribution in [0.5, 0.6) is 0 Å². The average molecular weight is 414 g/mol. The molecule has 8 nitrogen and oxygen atoms in total. The van der Waals surface area contributed by atoms with Crippen molar-refractivity contribution in [3.63, 3.8) is 0 Å². The summed E-state index contributed by atoms with van der Waals surface area (Å²) in [6, 6.07) is 7.63. The van der Waals surface area contributed by atoms with E-state index < -0.39 is 0 Å². The first-order valence-electron chi connectivity index (χ1n) is 10.5. The zero-order valence-electron chi connectivity index (χ0n) is 17.2. The number of imidazole rings is 2. The van der Waals surface area contributed by atoms with Crippen molar-refractivity contribution in [3.05, 3.63) is 76.9 Å². The largest absolute Gasteiger partial charge is 0.338 e. The maximum atomic E-state index is 13.3. The van der Waals surface area contributed by atoms with Crippen LogP contribution in [0.15, 0.2) is 60.0 Å². The Labute approximate surface area is 178 Å². The smallest absolute Gasteiger partial charge is 0.261 e. The van der Waals surface area contributed by atoms with Gasteiger partial charge in [0.1, 0.15) is 11.5 Å². The molecular formula is C23H22N6O2. The molecule has 4 aromatic heterocycles. The van der Waals surface area contributed by atoms with Gasteiger partial charge < -0.3 is 18.4 Å². The van der Waals surface area contributed by atoms with Gasteiger partial charge in [0.25, 0.3) is 11.5 Å². The highest BCUT2D eigenvalue weighted by molar-refractivity contribution is 5.94. The number of hydrogen-bond donors (Lipinski definition) is 0. The maximum absolute atomic E-state index is 13.3. The number of piperidine rings is 1. The molecule has 1 amide bonds. The molecule has 0 radical (unpaired) electrons. The number of likely N-dealkylation sites (tertiary alicyclic amines) is 1. The summed E-state index contributed by atoms with van der Waals surface area (Å²) in [5.74, 6) is 1.14. The lowest BCUT2D eigenvalue weighted by molar-refractivity contribution is 0.0594. The molecule has 0 saturated carbocycles. The van der Waals surface area contributed by atoms with Gasteiger partial charge in [-0.3, -0.25) is 9.59 Å². The van der Waals surface area contributed by atoms with Crippen LogP contribution in [0.3, 0.4) is 0 Å². The molecule has 0 aromatic carbocycles. The van der Waals surface area contributed by atoms with Gasteiger partial charge in [0.05, 0.1) is 11.1 Å². The number of amides is 1. The SMILES string of the molecule is Cn1ccnc1-c1ccc2n(c1=O)C[C@H]1C[C@@H]2CN(C(=O)c2ccc3nccn3c2)C1. The highest BCUT2D eigenvalue weighted by Gasteiger charge is 2.37. The zero-order chi connectivity index (χ0) is 21.1. The minimum Gasteiger partial charge on any atom is -0.338 e. The highest BCUT2D eigenvalue weighted by atomic mass is 16.2. The van der Waals surface area contributed by atoms with Crippen LogP contribution >= 0.6 is 0 Å². The van der Waals surface area contributed by atoms with Crippen LogP contribution < -0.4 is 5.56 Å². The van der Waals surface area contributed by atoms with Crippen LogP contribution in [0.4, 0.5) is 0 Å². The topological polar surface area (TPSA) is 77.4 Å². The number of aryl methyl sites for hydroxylation is 1. The molecule has 0 unspecified atom stereocenters. The molecule has 4 aromatic rings. The van der Waals surface area contributed by atoms with Gasteiger partial charge >= 0.3 is 0 Å². The molecule has 31 heavy (non-hydrogen) atoms. The van der Waals surface area contributed by atoms with Gasteiger partial charge in [-0.25, -0.2) is 9.97 Å². The van der Waals surface area contributed by atoms with E-state index in [1.165, 1.54) is 0 Å². The van der Waals surface area contributed by atoms with Gasteiger partial charge in [0.2, 0.25) is 0 Å². The Kier molecular flexibility index (Phi) is 3.89. The molecule has 0 aliphatic carbocycles. The summed E-state index contributed by atoms with van der Waals surface area (Å²) in [7, 11) is 1.89. The molecule has 6 heterocycles. The lowest BCUT2D eigenvalue weighted by atomic mass is 9.82. The molecule has 2 atom stereocenters. The molecule has 2 bridgehead atoms. The summed E-state index contributed by atoms with van der Waals surface area (Å²) in [4.78, 5) is 37.0. The summed E-state index contributed by atoms with van der Waals surface area (Å²) in [5.41, 5.74) is 3.13. The van der Waals surface area contributed by atoms with Crippen molar-refractivity contribution in [3.8, 4) is 11.4 Å². The van der Waals surface area contributed by atoms with E-state index >= 15 is 0 Å². The van der Waals surface area contributed by atoms with Crippen LogP contribution in [-0.2, 0) is 13.6 Å². The standard InChI is InChI=1S/C23H22N6O2/c1-26-8-6-25-21(26)18-3-4-19-17-10-15(12-29(19)23(18)31)11-28(14-17)22(30)16-2-5-20-24-7-9-27(20)13-16/h2-9,13,15,17H,10-12,14H2,1H3/t15-,17+/m0/s1. The van der Waals surface area contributed by atoms with Crippen LogP contribution in [0, 0.1) is 5.92 Å². The number of hydrogen-bond acceptors (Lipinski definition) is 4. The number of nitrogens with zero attached hydrogens (tertiary/aromatic N) is 6. The normalized spacial score (nSPS) is 20.1. The molecule has 2 aliphatic heterocycles. The quantitative estimate of drug-likeness (QED) is 0.504. The first-order valence-corrected chi connectivity index (χ1v) is 10.5. The molecule has 2 aliphatic rings. The lowest BCUT2D eigenvalue weighted by Crippen LogP contribution is -2.49. The molecule has 6 rings (SSSR count). The molecule has 8 heteroatoms. The van der Waals surface area contributed by atoms with Crippen LogP contribution in [0.25, 0.3) is 17.0 Å². The number of carbonyl (C=O) groups is 1. The Balaban J connectivity index is 1.32. The van der Waals surface area contributed by atoms with Gasteiger partial charge in [-0.2, -0.15) is 0 Å². The predicted octanol–water partition coefficient (Wildman–Crippen LogP) is 2.16. The minimum atomic E-state index is 0.00633. The molecule has 0 spiro atoms. The Bertz CT molecular complexity index is 1380. The van der Waals surface area contributed by atoms with Crippen LogP contribution in [0.2, 0.25) is 0 Å². The average Bonchev–Trinajstić information content (AvgIpc) is 3.42. The van der Waals surface area contributed by atoms with Crippen LogP contribution in [-0.4, -0.2) is 47.4 Å². The van der Waals surface area contributed by atoms with E-state index in [1.54, 1.807) is 12.4 Å². The van der Waals surface area contributed by atoms with Crippen molar-refractivity contribution in [1.82, 2.24) is 28.4 Å². The Morgan fingerprint density at radius 1 is 1.03 bits per heavy atom. The summed E-state index contributed by atoms with van der Waals surface area (Å²) < 4.78 is 5.64. The fraction of sp³-hybridized carbons (Fsp3) is 0.304. The molecule has 1 fully saturated rings. The second-order valence-corrected chi connectivity index (χ2v) is 8.57. The fourth-order valence-corrected chi connectivity index (χ4v) is 5.14. The van der Waals surface area contributed by atoms with E-state index in [9.17, 15) is 9.59 Å². The van der Waals surface area contributed by atoms with Crippen molar-refractivity contribution in [2.24, 2.45) is 13.0 Å². The van der Waals surface area contributed by atoms with Crippen molar-refractivity contribution in [2.75, 3.05) is 13.1 Å². The molecule has 1 saturated heterocycles. The number of carbonyl (C=O) groups excluding carboxylic acids is 1. The maximum Gasteiger partial charge on any atom is 0.261 e. The van der Waals surface area contributed by atoms with Crippen molar-refractivity contribution in [1.29, 1.82) is 0 Å². The van der Waals surface area contributed by atoms with E-state index in [2.05, 4.69) is 9.97 Å². The molecule has 156 valence electrons. The van der Waals surface area contributed by atoms with Crippen LogP contribution in [0.1, 0.15) is 28.4 Å². The monoisotopic (exact) mass is 414 g/mol. The lowest BCUT2D eigenvalue weighted by Gasteiger charge is -2.43. The third kappa shape index (κ3) is 2.82. The zero-order valence-corrected chi connectivity index (χ0v) is 17.2. The summed E-state index contributed by atoms with van der Waals surface area (Å²) in [6.07, 6.45) is 9.97. The van der Waals surface area contributed by atoms with E-state index in [-0.39, 0.29) is 23.3 Å². The van der Waals surface area contributed by atoms with Crippen molar-refractivity contribution >= 4 is 11.6 Å². The van der Waals surface area contributed by atoms with E-state index in [1.807, 2.05) is 68.3 Å². The summed E-state index contributed by atoms with van der Waals surface area (Å²) in [5, 5.41) is 0. The van der Waals surface area contributed by atoms with Gasteiger partial charge in [-0.1, -0.05) is 0 Å². The van der Waals surface area contributed by atoms with Crippen molar-refractivity contribution < 1.29 is 4.79 Å². The third-order valence-electron chi connectivity index (χ3n) is 6.59. The summed E-state index contributed by atoms with van der Waals surface area (Å²) in [6.45, 7) is 1.92. The molecular weight excluding hydrogens is 392 g/mol. The molecule has 0 N–H and O–H groups in total. The second kappa shape index (κ2) is 6.66. The minimum absolute atomic E-state index is 0.00633. The Morgan fingerprint density at radius 3 is 2.74 bits per heavy atom.